The number of amides is 1. The number of nitrogens with two attached hydrogens (primary N) is 2. The van der Waals surface area contributed by atoms with Gasteiger partial charge < -0.3 is 26.1 Å². The van der Waals surface area contributed by atoms with Crippen LogP contribution in [0.3, 0.4) is 0 Å². The second-order valence-electron chi connectivity index (χ2n) is 9.36. The molecule has 7 nitrogen and oxygen atoms in total. The smallest absolute Gasteiger partial charge is 0.268 e. The Bertz CT molecular complexity index is 1420. The van der Waals surface area contributed by atoms with Gasteiger partial charge in [0.05, 0.1) is 7.11 Å². The van der Waals surface area contributed by atoms with E-state index in [4.69, 9.17) is 21.6 Å². The predicted octanol–water partition coefficient (Wildman–Crippen LogP) is 4.14. The summed E-state index contributed by atoms with van der Waals surface area (Å²) in [7, 11) is 1.67. The summed E-state index contributed by atoms with van der Waals surface area (Å²) in [6.07, 6.45) is 3.64. The predicted molar refractivity (Wildman–Crippen MR) is 140 cm³/mol. The lowest BCUT2D eigenvalue weighted by Crippen LogP contribution is -2.41. The summed E-state index contributed by atoms with van der Waals surface area (Å²) in [4.78, 5) is 13.5. The second-order valence-corrected chi connectivity index (χ2v) is 9.36. The highest BCUT2D eigenvalue weighted by Crippen LogP contribution is 2.30. The fraction of sp³-hybridized carbons (Fsp3) is 0.286. The van der Waals surface area contributed by atoms with Crippen LogP contribution in [0.15, 0.2) is 60.7 Å². The monoisotopic (exact) mass is 469 g/mol. The molecule has 1 saturated carbocycles. The zero-order valence-electron chi connectivity index (χ0n) is 19.9. The number of nitrogens with one attached hydrogen (secondary N) is 2. The summed E-state index contributed by atoms with van der Waals surface area (Å²) < 4.78 is 7.59. The van der Waals surface area contributed by atoms with Gasteiger partial charge in [-0.15, -0.1) is 0 Å². The number of amidine groups is 1. The number of rotatable bonds is 6. The molecule has 0 unspecified atom stereocenters. The highest BCUT2D eigenvalue weighted by molar-refractivity contribution is 6.02. The standard InChI is InChI=1S/C28H31N5O2/c1-35-26-7-3-5-22-19(4-2-6-23(22)26)16-33-24-15-18(27(30)31)9-8-17(24)14-25(33)28(34)32-21-12-10-20(29)11-13-21/h2-9,14-15,20-21H,10-13,16,29H2,1H3,(H3,30,31)(H,32,34). The van der Waals surface area contributed by atoms with Crippen molar-refractivity contribution in [1.82, 2.24) is 9.88 Å². The summed E-state index contributed by atoms with van der Waals surface area (Å²) in [5.41, 5.74) is 15.0. The molecular weight excluding hydrogens is 438 g/mol. The van der Waals surface area contributed by atoms with Gasteiger partial charge >= 0.3 is 0 Å². The molecule has 6 N–H and O–H groups in total. The van der Waals surface area contributed by atoms with Gasteiger partial charge in [0.1, 0.15) is 17.3 Å². The lowest BCUT2D eigenvalue weighted by molar-refractivity contribution is 0.0917. The molecule has 1 aliphatic carbocycles. The van der Waals surface area contributed by atoms with Gasteiger partial charge in [0.25, 0.3) is 5.91 Å². The lowest BCUT2D eigenvalue weighted by atomic mass is 9.92. The minimum absolute atomic E-state index is 0.000840. The van der Waals surface area contributed by atoms with E-state index in [0.29, 0.717) is 17.8 Å². The van der Waals surface area contributed by atoms with Crippen LogP contribution < -0.4 is 21.5 Å². The number of methoxy groups -OCH3 is 1. The summed E-state index contributed by atoms with van der Waals surface area (Å²) in [6, 6.07) is 20.0. The first-order valence-corrected chi connectivity index (χ1v) is 12.0. The maximum absolute atomic E-state index is 13.5. The van der Waals surface area contributed by atoms with Crippen molar-refractivity contribution in [2.75, 3.05) is 7.11 Å². The molecule has 180 valence electrons. The van der Waals surface area contributed by atoms with Gasteiger partial charge in [-0.3, -0.25) is 10.2 Å². The van der Waals surface area contributed by atoms with Gasteiger partial charge in [-0.05, 0) is 54.8 Å². The average Bonchev–Trinajstić information content (AvgIpc) is 3.23. The number of aromatic nitrogens is 1. The molecule has 5 rings (SSSR count). The molecule has 3 aromatic carbocycles. The molecule has 0 spiro atoms. The third kappa shape index (κ3) is 4.47. The molecular formula is C28H31N5O2. The highest BCUT2D eigenvalue weighted by Gasteiger charge is 2.23. The van der Waals surface area contributed by atoms with E-state index in [-0.39, 0.29) is 23.8 Å². The van der Waals surface area contributed by atoms with Crippen LogP contribution in [0.4, 0.5) is 0 Å². The molecule has 1 aromatic heterocycles. The fourth-order valence-corrected chi connectivity index (χ4v) is 5.14. The van der Waals surface area contributed by atoms with Crippen LogP contribution in [0, 0.1) is 5.41 Å². The third-order valence-corrected chi connectivity index (χ3v) is 7.08. The van der Waals surface area contributed by atoms with Crippen molar-refractivity contribution >= 4 is 33.4 Å². The van der Waals surface area contributed by atoms with Gasteiger partial charge in [0, 0.05) is 40.5 Å². The van der Waals surface area contributed by atoms with Crippen LogP contribution in [0.25, 0.3) is 21.7 Å². The summed E-state index contributed by atoms with van der Waals surface area (Å²) in [6.45, 7) is 0.494. The molecule has 1 aliphatic rings. The van der Waals surface area contributed by atoms with Crippen molar-refractivity contribution in [3.05, 3.63) is 77.5 Å². The highest BCUT2D eigenvalue weighted by atomic mass is 16.5. The largest absolute Gasteiger partial charge is 0.496 e. The molecule has 1 heterocycles. The SMILES string of the molecule is COc1cccc2c(Cn3c(C(=O)NC4CCC(N)CC4)cc4ccc(C(=N)N)cc43)cccc12. The van der Waals surface area contributed by atoms with Crippen LogP contribution >= 0.6 is 0 Å². The number of nitrogen functional groups attached to an aromatic ring is 1. The topological polar surface area (TPSA) is 119 Å². The number of nitrogens with zero attached hydrogens (tertiary/aromatic N) is 1. The Labute approximate surface area is 204 Å². The first-order valence-electron chi connectivity index (χ1n) is 12.0. The average molecular weight is 470 g/mol. The maximum atomic E-state index is 13.5. The fourth-order valence-electron chi connectivity index (χ4n) is 5.14. The van der Waals surface area contributed by atoms with Crippen LogP contribution in [0.5, 0.6) is 5.75 Å². The van der Waals surface area contributed by atoms with Gasteiger partial charge in [0.15, 0.2) is 0 Å². The minimum Gasteiger partial charge on any atom is -0.496 e. The van der Waals surface area contributed by atoms with E-state index in [1.54, 1.807) is 7.11 Å². The minimum atomic E-state index is -0.0936. The summed E-state index contributed by atoms with van der Waals surface area (Å²) in [5, 5.41) is 14.2. The van der Waals surface area contributed by atoms with E-state index in [2.05, 4.69) is 17.4 Å². The quantitative estimate of drug-likeness (QED) is 0.251. The van der Waals surface area contributed by atoms with E-state index in [1.165, 1.54) is 0 Å². The normalized spacial score (nSPS) is 18.0. The molecule has 1 amide bonds. The van der Waals surface area contributed by atoms with Crippen molar-refractivity contribution in [3.63, 3.8) is 0 Å². The van der Waals surface area contributed by atoms with Crippen molar-refractivity contribution in [1.29, 1.82) is 5.41 Å². The first-order chi connectivity index (χ1) is 16.9. The van der Waals surface area contributed by atoms with Gasteiger partial charge in [-0.25, -0.2) is 0 Å². The van der Waals surface area contributed by atoms with E-state index < -0.39 is 0 Å². The Morgan fingerprint density at radius 1 is 1.06 bits per heavy atom. The molecule has 0 bridgehead atoms. The van der Waals surface area contributed by atoms with E-state index >= 15 is 0 Å². The Kier molecular flexibility index (Phi) is 6.17. The summed E-state index contributed by atoms with van der Waals surface area (Å²) >= 11 is 0. The third-order valence-electron chi connectivity index (χ3n) is 7.08. The van der Waals surface area contributed by atoms with Crippen LogP contribution in [-0.4, -0.2) is 35.5 Å². The maximum Gasteiger partial charge on any atom is 0.268 e. The zero-order valence-corrected chi connectivity index (χ0v) is 19.9. The Balaban J connectivity index is 1.59. The van der Waals surface area contributed by atoms with Crippen LogP contribution in [0.2, 0.25) is 0 Å². The number of carbonyl (C=O) groups is 1. The number of hydrogen-bond acceptors (Lipinski definition) is 4. The Morgan fingerprint density at radius 3 is 2.54 bits per heavy atom. The van der Waals surface area contributed by atoms with Crippen molar-refractivity contribution < 1.29 is 9.53 Å². The number of carbonyl (C=O) groups excluding carboxylic acids is 1. The van der Waals surface area contributed by atoms with E-state index in [9.17, 15) is 4.79 Å². The van der Waals surface area contributed by atoms with Crippen LogP contribution in [-0.2, 0) is 6.54 Å². The number of fused-ring (bicyclic) bond motifs is 2. The molecule has 35 heavy (non-hydrogen) atoms. The van der Waals surface area contributed by atoms with Crippen LogP contribution in [0.1, 0.15) is 47.3 Å². The summed E-state index contributed by atoms with van der Waals surface area (Å²) in [5.74, 6) is 0.719. The van der Waals surface area contributed by atoms with Gasteiger partial charge in [0.2, 0.25) is 0 Å². The molecule has 1 fully saturated rings. The Hall–Kier alpha value is -3.84. The van der Waals surface area contributed by atoms with Crippen molar-refractivity contribution in [3.8, 4) is 5.75 Å². The zero-order chi connectivity index (χ0) is 24.5. The molecule has 7 heteroatoms. The van der Waals surface area contributed by atoms with E-state index in [0.717, 1.165) is 58.7 Å². The van der Waals surface area contributed by atoms with Crippen molar-refractivity contribution in [2.24, 2.45) is 11.5 Å². The second kappa shape index (κ2) is 9.43. The van der Waals surface area contributed by atoms with Gasteiger partial charge in [-0.2, -0.15) is 0 Å². The number of benzene rings is 3. The molecule has 0 saturated heterocycles. The Morgan fingerprint density at radius 2 is 1.80 bits per heavy atom. The molecule has 4 aromatic rings. The van der Waals surface area contributed by atoms with Gasteiger partial charge in [-0.1, -0.05) is 42.5 Å². The van der Waals surface area contributed by atoms with E-state index in [1.807, 2.05) is 53.1 Å². The number of ether oxygens (including phenoxy) is 1. The van der Waals surface area contributed by atoms with Crippen molar-refractivity contribution in [2.45, 2.75) is 44.3 Å². The molecule has 0 aliphatic heterocycles. The molecule has 0 radical (unpaired) electrons. The lowest BCUT2D eigenvalue weighted by Gasteiger charge is -2.27. The first kappa shape index (κ1) is 22.9. The number of hydrogen-bond donors (Lipinski definition) is 4. The molecule has 0 atom stereocenters.